The zero-order valence-electron chi connectivity index (χ0n) is 28.8. The molecule has 0 fully saturated rings. The number of rotatable bonds is 20. The van der Waals surface area contributed by atoms with Crippen molar-refractivity contribution in [3.63, 3.8) is 0 Å². The lowest BCUT2D eigenvalue weighted by Gasteiger charge is -2.26. The lowest BCUT2D eigenvalue weighted by molar-refractivity contribution is -0.140. The molecule has 18 nitrogen and oxygen atoms in total. The van der Waals surface area contributed by atoms with E-state index in [2.05, 4.69) is 31.9 Å². The van der Waals surface area contributed by atoms with Crippen LogP contribution in [0.3, 0.4) is 0 Å². The highest BCUT2D eigenvalue weighted by molar-refractivity contribution is 6.38. The summed E-state index contributed by atoms with van der Waals surface area (Å²) in [5.41, 5.74) is 24.7. The molecule has 0 aliphatic carbocycles. The summed E-state index contributed by atoms with van der Waals surface area (Å²) in [5.74, 6) is -6.70. The van der Waals surface area contributed by atoms with E-state index in [1.165, 1.54) is 6.92 Å². The van der Waals surface area contributed by atoms with Crippen LogP contribution in [0.4, 0.5) is 0 Å². The molecule has 52 heavy (non-hydrogen) atoms. The van der Waals surface area contributed by atoms with Crippen LogP contribution >= 0.6 is 11.6 Å². The molecule has 6 atom stereocenters. The van der Waals surface area contributed by atoms with Gasteiger partial charge in [0, 0.05) is 23.7 Å². The van der Waals surface area contributed by atoms with E-state index in [0.29, 0.717) is 17.9 Å². The van der Waals surface area contributed by atoms with Gasteiger partial charge in [-0.3, -0.25) is 33.6 Å². The summed E-state index contributed by atoms with van der Waals surface area (Å²) in [6.45, 7) is 2.84. The number of aliphatic hydroxyl groups excluding tert-OH is 1. The second-order valence-electron chi connectivity index (χ2n) is 11.6. The van der Waals surface area contributed by atoms with E-state index < -0.39 is 77.8 Å². The number of carbonyl (C=O) groups is 7. The van der Waals surface area contributed by atoms with Gasteiger partial charge in [0.1, 0.15) is 24.3 Å². The van der Waals surface area contributed by atoms with Gasteiger partial charge in [-0.15, -0.1) is 0 Å². The number of nitrogens with one attached hydrogen (secondary N) is 6. The number of likely N-dealkylation sites (N-methyl/N-ethyl adjacent to an activating group) is 1. The Morgan fingerprint density at radius 2 is 1.27 bits per heavy atom. The van der Waals surface area contributed by atoms with Crippen molar-refractivity contribution in [2.75, 3.05) is 19.6 Å². The molecule has 0 saturated carbocycles. The third-order valence-electron chi connectivity index (χ3n) is 7.55. The standard InChI is InChI=1S/C33H47ClN10O8/c1-3-39-32(51)25(46)26(37)43-29(48)22(6-4-5-15-35)40-33(52)27(38)44-31(50)24(17(2)45)42-30(49)23(16-36)41-28(47)20-9-7-18(8-10-20)19-11-13-21(34)14-12-19/h7-14,17,22-24,26-27,45H,3-6,15-16,35-38H2,1-2H3,(H,39,51)(H,40,52)(H,41,47)(H,42,49)(H,43,48)(H,44,50). The van der Waals surface area contributed by atoms with Crippen molar-refractivity contribution >= 4 is 52.8 Å². The van der Waals surface area contributed by atoms with E-state index in [0.717, 1.165) is 11.1 Å². The number of nitrogens with two attached hydrogens (primary N) is 4. The number of hydrogen-bond acceptors (Lipinski definition) is 12. The van der Waals surface area contributed by atoms with E-state index in [1.54, 1.807) is 43.3 Å². The molecule has 0 radical (unpaired) electrons. The van der Waals surface area contributed by atoms with Crippen LogP contribution in [-0.4, -0.2) is 103 Å². The van der Waals surface area contributed by atoms with Crippen molar-refractivity contribution in [1.29, 1.82) is 0 Å². The highest BCUT2D eigenvalue weighted by Gasteiger charge is 2.33. The van der Waals surface area contributed by atoms with Crippen molar-refractivity contribution in [2.45, 2.75) is 69.7 Å². The molecule has 15 N–H and O–H groups in total. The second kappa shape index (κ2) is 21.4. The lowest BCUT2D eigenvalue weighted by atomic mass is 10.0. The van der Waals surface area contributed by atoms with Crippen LogP contribution in [0, 0.1) is 0 Å². The van der Waals surface area contributed by atoms with Crippen LogP contribution in [-0.2, 0) is 28.8 Å². The van der Waals surface area contributed by atoms with Crippen LogP contribution in [0.2, 0.25) is 5.02 Å². The SMILES string of the molecule is CCNC(=O)C(=O)C(N)NC(=O)C(CCCCN)NC(=O)C(N)NC(=O)C(NC(=O)C(CN)NC(=O)c1ccc(-c2ccc(Cl)cc2)cc1)C(C)O. The maximum atomic E-state index is 13.1. The predicted molar refractivity (Wildman–Crippen MR) is 192 cm³/mol. The Kier molecular flexibility index (Phi) is 17.8. The number of halogens is 1. The van der Waals surface area contributed by atoms with Gasteiger partial charge < -0.3 is 59.9 Å². The molecule has 6 unspecified atom stereocenters. The second-order valence-corrected chi connectivity index (χ2v) is 12.1. The van der Waals surface area contributed by atoms with Crippen LogP contribution in [0.1, 0.15) is 43.5 Å². The Balaban J connectivity index is 2.04. The van der Waals surface area contributed by atoms with Crippen molar-refractivity contribution in [2.24, 2.45) is 22.9 Å². The minimum atomic E-state index is -1.79. The Morgan fingerprint density at radius 1 is 0.712 bits per heavy atom. The van der Waals surface area contributed by atoms with Gasteiger partial charge in [-0.1, -0.05) is 35.9 Å². The third-order valence-corrected chi connectivity index (χ3v) is 7.80. The molecule has 0 saturated heterocycles. The Morgan fingerprint density at radius 3 is 1.81 bits per heavy atom. The first kappa shape index (κ1) is 43.2. The Labute approximate surface area is 305 Å². The summed E-state index contributed by atoms with van der Waals surface area (Å²) in [6, 6.07) is 9.35. The topological polar surface area (TPSA) is 316 Å². The van der Waals surface area contributed by atoms with Gasteiger partial charge in [-0.25, -0.2) is 0 Å². The van der Waals surface area contributed by atoms with E-state index >= 15 is 0 Å². The maximum Gasteiger partial charge on any atom is 0.291 e. The van der Waals surface area contributed by atoms with Gasteiger partial charge in [0.15, 0.2) is 6.17 Å². The fraction of sp³-hybridized carbons (Fsp3) is 0.424. The third kappa shape index (κ3) is 13.3. The Bertz CT molecular complexity index is 1560. The number of benzene rings is 2. The first-order valence-corrected chi connectivity index (χ1v) is 16.8. The fourth-order valence-electron chi connectivity index (χ4n) is 4.63. The molecule has 0 spiro atoms. The summed E-state index contributed by atoms with van der Waals surface area (Å²) in [6.07, 6.45) is -4.14. The fourth-order valence-corrected chi connectivity index (χ4v) is 4.75. The quantitative estimate of drug-likeness (QED) is 0.0368. The molecule has 2 aromatic carbocycles. The average Bonchev–Trinajstić information content (AvgIpc) is 3.11. The maximum absolute atomic E-state index is 13.1. The molecule has 19 heteroatoms. The number of amides is 6. The molecule has 0 bridgehead atoms. The summed E-state index contributed by atoms with van der Waals surface area (Å²) in [7, 11) is 0. The Hall–Kier alpha value is -4.98. The number of ketones is 1. The van der Waals surface area contributed by atoms with Gasteiger partial charge in [-0.2, -0.15) is 0 Å². The number of unbranched alkanes of at least 4 members (excludes halogenated alkanes) is 1. The largest absolute Gasteiger partial charge is 0.391 e. The number of hydrogen-bond donors (Lipinski definition) is 11. The minimum absolute atomic E-state index is 0.0303. The molecule has 284 valence electrons. The van der Waals surface area contributed by atoms with Crippen LogP contribution in [0.15, 0.2) is 48.5 Å². The highest BCUT2D eigenvalue weighted by atomic mass is 35.5. The summed E-state index contributed by atoms with van der Waals surface area (Å²) >= 11 is 5.94. The normalized spacial score (nSPS) is 14.3. The van der Waals surface area contributed by atoms with E-state index in [-0.39, 0.29) is 31.6 Å². The van der Waals surface area contributed by atoms with Crippen molar-refractivity contribution in [3.05, 3.63) is 59.1 Å². The van der Waals surface area contributed by atoms with Gasteiger partial charge in [0.05, 0.1) is 6.10 Å². The number of aliphatic hydroxyl groups is 1. The van der Waals surface area contributed by atoms with Gasteiger partial charge in [0.25, 0.3) is 23.5 Å². The monoisotopic (exact) mass is 746 g/mol. The lowest BCUT2D eigenvalue weighted by Crippen LogP contribution is -2.63. The number of carbonyl (C=O) groups excluding carboxylic acids is 7. The average molecular weight is 747 g/mol. The molecule has 0 aliphatic heterocycles. The van der Waals surface area contributed by atoms with Crippen molar-refractivity contribution in [1.82, 2.24) is 31.9 Å². The summed E-state index contributed by atoms with van der Waals surface area (Å²) in [4.78, 5) is 88.8. The molecule has 0 aromatic heterocycles. The van der Waals surface area contributed by atoms with Gasteiger partial charge in [0.2, 0.25) is 17.7 Å². The molecule has 0 heterocycles. The van der Waals surface area contributed by atoms with E-state index in [4.69, 9.17) is 34.5 Å². The van der Waals surface area contributed by atoms with Gasteiger partial charge in [-0.05, 0) is 75.0 Å². The predicted octanol–water partition coefficient (Wildman–Crippen LogP) is -2.95. The molecule has 6 amide bonds. The van der Waals surface area contributed by atoms with Crippen LogP contribution in [0.25, 0.3) is 11.1 Å². The van der Waals surface area contributed by atoms with E-state index in [9.17, 15) is 38.7 Å². The van der Waals surface area contributed by atoms with Crippen LogP contribution in [0.5, 0.6) is 0 Å². The molecule has 2 aromatic rings. The van der Waals surface area contributed by atoms with Crippen molar-refractivity contribution < 1.29 is 38.7 Å². The minimum Gasteiger partial charge on any atom is -0.391 e. The van der Waals surface area contributed by atoms with Crippen molar-refractivity contribution in [3.8, 4) is 11.1 Å². The molecular formula is C33H47ClN10O8. The summed E-state index contributed by atoms with van der Waals surface area (Å²) in [5, 5.41) is 24.6. The first-order valence-electron chi connectivity index (χ1n) is 16.4. The van der Waals surface area contributed by atoms with E-state index in [1.807, 2.05) is 12.1 Å². The highest BCUT2D eigenvalue weighted by Crippen LogP contribution is 2.22. The molecule has 2 rings (SSSR count). The smallest absolute Gasteiger partial charge is 0.291 e. The van der Waals surface area contributed by atoms with Gasteiger partial charge >= 0.3 is 0 Å². The molecular weight excluding hydrogens is 700 g/mol. The number of Topliss-reactive ketones (excluding diaryl/α,β-unsaturated/α-hetero) is 1. The first-order chi connectivity index (χ1) is 24.6. The molecule has 0 aliphatic rings. The zero-order chi connectivity index (χ0) is 39.0. The zero-order valence-corrected chi connectivity index (χ0v) is 29.6. The van der Waals surface area contributed by atoms with Crippen LogP contribution < -0.4 is 54.8 Å². The summed E-state index contributed by atoms with van der Waals surface area (Å²) < 4.78 is 0.